The molecule has 0 fully saturated rings. The maximum atomic E-state index is 13.7. The van der Waals surface area contributed by atoms with Crippen molar-refractivity contribution in [3.63, 3.8) is 0 Å². The van der Waals surface area contributed by atoms with Gasteiger partial charge >= 0.3 is 5.97 Å². The Hall–Kier alpha value is -1.14. The number of carboxylic acids is 1. The number of carbonyl (C=O) groups is 1. The normalized spacial score (nSPS) is 12.3. The van der Waals surface area contributed by atoms with E-state index in [-0.39, 0.29) is 12.8 Å². The molecule has 0 radical (unpaired) electrons. The SMILES string of the molecule is COc1c(Br)cc(F)c(C)c1C(N)CCC(=O)O. The smallest absolute Gasteiger partial charge is 0.303 e. The van der Waals surface area contributed by atoms with Crippen molar-refractivity contribution < 1.29 is 19.0 Å². The predicted octanol–water partition coefficient (Wildman–Crippen LogP) is 2.77. The molecule has 1 aromatic rings. The van der Waals surface area contributed by atoms with Crippen molar-refractivity contribution in [3.05, 3.63) is 27.5 Å². The van der Waals surface area contributed by atoms with Crippen molar-refractivity contribution in [3.8, 4) is 5.75 Å². The third kappa shape index (κ3) is 3.20. The molecule has 0 bridgehead atoms. The van der Waals surface area contributed by atoms with Crippen LogP contribution in [0.1, 0.15) is 30.0 Å². The summed E-state index contributed by atoms with van der Waals surface area (Å²) in [6, 6.07) is 0.727. The summed E-state index contributed by atoms with van der Waals surface area (Å²) < 4.78 is 19.3. The van der Waals surface area contributed by atoms with Crippen LogP contribution in [-0.4, -0.2) is 18.2 Å². The predicted molar refractivity (Wildman–Crippen MR) is 69.2 cm³/mol. The number of benzene rings is 1. The zero-order valence-corrected chi connectivity index (χ0v) is 11.8. The monoisotopic (exact) mass is 319 g/mol. The number of halogens is 2. The minimum atomic E-state index is -0.933. The number of aliphatic carboxylic acids is 1. The Morgan fingerprint density at radius 3 is 2.78 bits per heavy atom. The molecule has 1 atom stereocenters. The molecule has 18 heavy (non-hydrogen) atoms. The number of hydrogen-bond acceptors (Lipinski definition) is 3. The van der Waals surface area contributed by atoms with E-state index in [0.29, 0.717) is 21.3 Å². The third-order valence-electron chi connectivity index (χ3n) is 2.72. The molecule has 0 amide bonds. The Morgan fingerprint density at radius 2 is 2.28 bits per heavy atom. The highest BCUT2D eigenvalue weighted by molar-refractivity contribution is 9.10. The molecule has 0 aromatic heterocycles. The van der Waals surface area contributed by atoms with E-state index in [4.69, 9.17) is 15.6 Å². The van der Waals surface area contributed by atoms with E-state index in [1.165, 1.54) is 13.2 Å². The van der Waals surface area contributed by atoms with Crippen molar-refractivity contribution in [2.75, 3.05) is 7.11 Å². The molecular formula is C12H15BrFNO3. The van der Waals surface area contributed by atoms with Crippen LogP contribution in [0.2, 0.25) is 0 Å². The Labute approximate surface area is 113 Å². The number of carboxylic acid groups (broad SMARTS) is 1. The maximum Gasteiger partial charge on any atom is 0.303 e. The van der Waals surface area contributed by atoms with Crippen molar-refractivity contribution in [2.45, 2.75) is 25.8 Å². The highest BCUT2D eigenvalue weighted by Gasteiger charge is 2.21. The van der Waals surface area contributed by atoms with Crippen LogP contribution < -0.4 is 10.5 Å². The molecule has 0 spiro atoms. The van der Waals surface area contributed by atoms with Crippen LogP contribution in [-0.2, 0) is 4.79 Å². The lowest BCUT2D eigenvalue weighted by molar-refractivity contribution is -0.137. The van der Waals surface area contributed by atoms with Crippen LogP contribution in [0, 0.1) is 12.7 Å². The van der Waals surface area contributed by atoms with Crippen LogP contribution >= 0.6 is 15.9 Å². The zero-order valence-electron chi connectivity index (χ0n) is 10.2. The number of methoxy groups -OCH3 is 1. The van der Waals surface area contributed by atoms with E-state index in [2.05, 4.69) is 15.9 Å². The number of hydrogen-bond donors (Lipinski definition) is 2. The van der Waals surface area contributed by atoms with Gasteiger partial charge in [0.15, 0.2) is 0 Å². The van der Waals surface area contributed by atoms with Gasteiger partial charge in [-0.3, -0.25) is 4.79 Å². The summed E-state index contributed by atoms with van der Waals surface area (Å²) in [7, 11) is 1.46. The molecule has 0 heterocycles. The molecule has 0 aliphatic heterocycles. The number of nitrogens with two attached hydrogens (primary N) is 1. The Balaban J connectivity index is 3.16. The van der Waals surface area contributed by atoms with E-state index in [0.717, 1.165) is 0 Å². The fraction of sp³-hybridized carbons (Fsp3) is 0.417. The minimum absolute atomic E-state index is 0.0715. The van der Waals surface area contributed by atoms with Gasteiger partial charge in [-0.25, -0.2) is 4.39 Å². The summed E-state index contributed by atoms with van der Waals surface area (Å²) in [5.41, 5.74) is 6.82. The van der Waals surface area contributed by atoms with E-state index >= 15 is 0 Å². The quantitative estimate of drug-likeness (QED) is 0.875. The van der Waals surface area contributed by atoms with Gasteiger partial charge in [-0.15, -0.1) is 0 Å². The lowest BCUT2D eigenvalue weighted by Gasteiger charge is -2.19. The van der Waals surface area contributed by atoms with Gasteiger partial charge in [-0.2, -0.15) is 0 Å². The van der Waals surface area contributed by atoms with E-state index in [1.807, 2.05) is 0 Å². The molecule has 0 saturated heterocycles. The first-order chi connectivity index (χ1) is 8.38. The van der Waals surface area contributed by atoms with Crippen LogP contribution in [0.4, 0.5) is 4.39 Å². The summed E-state index contributed by atoms with van der Waals surface area (Å²) in [5.74, 6) is -0.882. The van der Waals surface area contributed by atoms with Gasteiger partial charge in [0.1, 0.15) is 11.6 Å². The lowest BCUT2D eigenvalue weighted by Crippen LogP contribution is -2.16. The number of rotatable bonds is 5. The summed E-state index contributed by atoms with van der Waals surface area (Å²) in [6.07, 6.45) is 0.153. The molecule has 6 heteroatoms. The first-order valence-corrected chi connectivity index (χ1v) is 6.17. The first-order valence-electron chi connectivity index (χ1n) is 5.38. The van der Waals surface area contributed by atoms with Crippen LogP contribution in [0.25, 0.3) is 0 Å². The van der Waals surface area contributed by atoms with E-state index in [9.17, 15) is 9.18 Å². The largest absolute Gasteiger partial charge is 0.495 e. The molecule has 0 aliphatic rings. The van der Waals surface area contributed by atoms with Gasteiger partial charge in [0, 0.05) is 18.0 Å². The molecule has 0 saturated carbocycles. The number of ether oxygens (including phenoxy) is 1. The fourth-order valence-corrected chi connectivity index (χ4v) is 2.37. The zero-order chi connectivity index (χ0) is 13.9. The average molecular weight is 320 g/mol. The minimum Gasteiger partial charge on any atom is -0.495 e. The van der Waals surface area contributed by atoms with Gasteiger partial charge in [-0.1, -0.05) is 0 Å². The van der Waals surface area contributed by atoms with Gasteiger partial charge in [0.05, 0.1) is 11.6 Å². The van der Waals surface area contributed by atoms with Crippen molar-refractivity contribution in [2.24, 2.45) is 5.73 Å². The Kier molecular flexibility index (Phi) is 5.10. The summed E-state index contributed by atoms with van der Waals surface area (Å²) >= 11 is 3.20. The fourth-order valence-electron chi connectivity index (χ4n) is 1.79. The summed E-state index contributed by atoms with van der Waals surface area (Å²) in [4.78, 5) is 10.5. The highest BCUT2D eigenvalue weighted by atomic mass is 79.9. The lowest BCUT2D eigenvalue weighted by atomic mass is 9.96. The second kappa shape index (κ2) is 6.15. The highest BCUT2D eigenvalue weighted by Crippen LogP contribution is 2.37. The van der Waals surface area contributed by atoms with Crippen LogP contribution in [0.15, 0.2) is 10.5 Å². The first kappa shape index (κ1) is 14.9. The molecule has 0 aliphatic carbocycles. The molecule has 1 unspecified atom stereocenters. The van der Waals surface area contributed by atoms with E-state index in [1.54, 1.807) is 6.92 Å². The van der Waals surface area contributed by atoms with Crippen molar-refractivity contribution in [1.82, 2.24) is 0 Å². The Morgan fingerprint density at radius 1 is 1.67 bits per heavy atom. The maximum absolute atomic E-state index is 13.7. The molecule has 1 aromatic carbocycles. The molecule has 1 rings (SSSR count). The van der Waals surface area contributed by atoms with Gasteiger partial charge in [0.25, 0.3) is 0 Å². The standard InChI is InChI=1S/C12H15BrFNO3/c1-6-8(14)5-7(13)12(18-2)11(6)9(15)3-4-10(16)17/h5,9H,3-4,15H2,1-2H3,(H,16,17). The molecule has 3 N–H and O–H groups in total. The summed E-state index contributed by atoms with van der Waals surface area (Å²) in [5, 5.41) is 8.64. The summed E-state index contributed by atoms with van der Waals surface area (Å²) in [6.45, 7) is 1.60. The van der Waals surface area contributed by atoms with Crippen molar-refractivity contribution >= 4 is 21.9 Å². The Bertz CT molecular complexity index is 465. The average Bonchev–Trinajstić information content (AvgIpc) is 2.30. The molecular weight excluding hydrogens is 305 g/mol. The second-order valence-electron chi connectivity index (χ2n) is 3.95. The van der Waals surface area contributed by atoms with Crippen LogP contribution in [0.5, 0.6) is 5.75 Å². The second-order valence-corrected chi connectivity index (χ2v) is 4.81. The van der Waals surface area contributed by atoms with Gasteiger partial charge < -0.3 is 15.6 Å². The topological polar surface area (TPSA) is 72.5 Å². The third-order valence-corrected chi connectivity index (χ3v) is 3.31. The molecule has 4 nitrogen and oxygen atoms in total. The van der Waals surface area contributed by atoms with Crippen molar-refractivity contribution in [1.29, 1.82) is 0 Å². The van der Waals surface area contributed by atoms with Gasteiger partial charge in [0.2, 0.25) is 0 Å². The van der Waals surface area contributed by atoms with E-state index < -0.39 is 17.8 Å². The van der Waals surface area contributed by atoms with Crippen LogP contribution in [0.3, 0.4) is 0 Å². The molecule has 100 valence electrons. The van der Waals surface area contributed by atoms with Gasteiger partial charge in [-0.05, 0) is 40.9 Å².